The zero-order chi connectivity index (χ0) is 20.8. The highest BCUT2D eigenvalue weighted by molar-refractivity contribution is 8.12. The van der Waals surface area contributed by atoms with E-state index in [0.717, 1.165) is 5.56 Å². The number of allylic oxidation sites excluding steroid dienone is 1. The molecule has 0 heterocycles. The molecule has 0 spiro atoms. The molecule has 0 bridgehead atoms. The maximum absolute atomic E-state index is 11.9. The number of carbonyl (C=O) groups excluding carboxylic acids is 2. The summed E-state index contributed by atoms with van der Waals surface area (Å²) in [6.07, 6.45) is -0.411. The van der Waals surface area contributed by atoms with Crippen molar-refractivity contribution in [3.63, 3.8) is 0 Å². The number of benzene rings is 1. The van der Waals surface area contributed by atoms with Crippen molar-refractivity contribution in [3.8, 4) is 5.75 Å². The Morgan fingerprint density at radius 2 is 1.89 bits per heavy atom. The van der Waals surface area contributed by atoms with Crippen LogP contribution in [-0.4, -0.2) is 42.6 Å². The molecule has 0 aliphatic rings. The average Bonchev–Trinajstić information content (AvgIpc) is 2.54. The van der Waals surface area contributed by atoms with E-state index < -0.39 is 11.7 Å². The van der Waals surface area contributed by atoms with Gasteiger partial charge in [-0.1, -0.05) is 42.6 Å². The van der Waals surface area contributed by atoms with E-state index in [0.29, 0.717) is 27.1 Å². The first-order valence-corrected chi connectivity index (χ1v) is 9.53. The number of hydrogen-bond donors (Lipinski definition) is 0. The lowest BCUT2D eigenvalue weighted by Crippen LogP contribution is -2.36. The molecule has 0 aliphatic carbocycles. The van der Waals surface area contributed by atoms with Crippen molar-refractivity contribution in [2.45, 2.75) is 33.3 Å². The number of nitrogens with zero attached hydrogens (tertiary/aromatic N) is 1. The van der Waals surface area contributed by atoms with Gasteiger partial charge < -0.3 is 14.4 Å². The van der Waals surface area contributed by atoms with Gasteiger partial charge in [-0.3, -0.25) is 4.79 Å². The smallest absolute Gasteiger partial charge is 0.410 e. The summed E-state index contributed by atoms with van der Waals surface area (Å²) in [5.74, 6) is 0.405. The van der Waals surface area contributed by atoms with Crippen LogP contribution in [-0.2, 0) is 9.53 Å². The van der Waals surface area contributed by atoms with Crippen LogP contribution in [0.25, 0.3) is 4.91 Å². The molecule has 0 radical (unpaired) electrons. The third-order valence-corrected chi connectivity index (χ3v) is 4.59. The van der Waals surface area contributed by atoms with Gasteiger partial charge in [0.1, 0.15) is 18.0 Å². The van der Waals surface area contributed by atoms with Crippen LogP contribution in [0, 0.1) is 0 Å². The van der Waals surface area contributed by atoms with Crippen LogP contribution in [0.15, 0.2) is 36.3 Å². The van der Waals surface area contributed by atoms with Gasteiger partial charge in [0.05, 0.1) is 11.6 Å². The van der Waals surface area contributed by atoms with Crippen molar-refractivity contribution in [1.29, 1.82) is 0 Å². The second-order valence-corrected chi connectivity index (χ2v) is 8.50. The Labute approximate surface area is 170 Å². The van der Waals surface area contributed by atoms with Gasteiger partial charge in [0.25, 0.3) is 0 Å². The fraction of sp³-hybridized carbons (Fsp3) is 0.400. The van der Waals surface area contributed by atoms with Gasteiger partial charge in [-0.2, -0.15) is 0 Å². The van der Waals surface area contributed by atoms with Crippen LogP contribution in [0.1, 0.15) is 33.3 Å². The molecule has 7 heteroatoms. The number of carbonyl (C=O) groups is 2. The number of Topliss-reactive ketones (excluding diaryl/α,β-unsaturated/α-hetero) is 1. The van der Waals surface area contributed by atoms with E-state index in [1.54, 1.807) is 19.2 Å². The lowest BCUT2D eigenvalue weighted by atomic mass is 10.2. The zero-order valence-corrected chi connectivity index (χ0v) is 18.0. The number of amides is 1. The summed E-state index contributed by atoms with van der Waals surface area (Å²) in [5, 5.41) is 0.419. The van der Waals surface area contributed by atoms with Crippen molar-refractivity contribution in [2.24, 2.45) is 0 Å². The summed E-state index contributed by atoms with van der Waals surface area (Å²) in [6.45, 7) is 15.2. The number of ketones is 1. The van der Waals surface area contributed by atoms with E-state index in [4.69, 9.17) is 21.1 Å². The van der Waals surface area contributed by atoms with Crippen molar-refractivity contribution in [3.05, 3.63) is 46.8 Å². The molecule has 5 nitrogen and oxygen atoms in total. The predicted molar refractivity (Wildman–Crippen MR) is 112 cm³/mol. The molecule has 0 N–H and O–H groups in total. The second-order valence-electron chi connectivity index (χ2n) is 6.90. The Bertz CT molecular complexity index is 740. The highest BCUT2D eigenvalue weighted by Crippen LogP contribution is 2.35. The summed E-state index contributed by atoms with van der Waals surface area (Å²) in [4.78, 5) is 25.7. The molecular weight excluding hydrogens is 386 g/mol. The van der Waals surface area contributed by atoms with Crippen molar-refractivity contribution >= 4 is 40.1 Å². The fourth-order valence-corrected chi connectivity index (χ4v) is 2.72. The third-order valence-electron chi connectivity index (χ3n) is 3.28. The molecule has 148 valence electrons. The first kappa shape index (κ1) is 23.1. The Hall–Kier alpha value is -1.92. The van der Waals surface area contributed by atoms with Crippen molar-refractivity contribution < 1.29 is 19.1 Å². The lowest BCUT2D eigenvalue weighted by Gasteiger charge is -2.24. The number of likely N-dealkylation sites (N-methyl/N-ethyl adjacent to an activating group) is 1. The first-order chi connectivity index (χ1) is 12.4. The maximum Gasteiger partial charge on any atom is 0.410 e. The lowest BCUT2D eigenvalue weighted by molar-refractivity contribution is -0.112. The maximum atomic E-state index is 11.9. The van der Waals surface area contributed by atoms with Crippen LogP contribution >= 0.6 is 23.4 Å². The number of thioether (sulfide) groups is 1. The monoisotopic (exact) mass is 411 g/mol. The van der Waals surface area contributed by atoms with Gasteiger partial charge in [0.15, 0.2) is 5.78 Å². The average molecular weight is 412 g/mol. The van der Waals surface area contributed by atoms with Gasteiger partial charge in [-0.25, -0.2) is 4.79 Å². The van der Waals surface area contributed by atoms with Crippen LogP contribution in [0.5, 0.6) is 5.75 Å². The SMILES string of the molecule is C=C(SC(=C)c1ccc(OCCN(C)C(=O)OC(C)(C)C)c(Cl)c1)C(C)=O. The molecule has 0 aliphatic heterocycles. The summed E-state index contributed by atoms with van der Waals surface area (Å²) in [6, 6.07) is 5.26. The molecule has 0 saturated carbocycles. The van der Waals surface area contributed by atoms with Crippen LogP contribution < -0.4 is 4.74 Å². The summed E-state index contributed by atoms with van der Waals surface area (Å²) in [7, 11) is 1.64. The molecule has 1 rings (SSSR count). The third kappa shape index (κ3) is 8.10. The Morgan fingerprint density at radius 1 is 1.26 bits per heavy atom. The molecule has 0 atom stereocenters. The quantitative estimate of drug-likeness (QED) is 0.536. The topological polar surface area (TPSA) is 55.8 Å². The number of hydrogen-bond acceptors (Lipinski definition) is 5. The molecule has 0 unspecified atom stereocenters. The van der Waals surface area contributed by atoms with E-state index in [1.165, 1.54) is 23.6 Å². The number of halogens is 1. The van der Waals surface area contributed by atoms with Gasteiger partial charge in [0.2, 0.25) is 0 Å². The molecule has 0 aromatic heterocycles. The Balaban J connectivity index is 2.60. The van der Waals surface area contributed by atoms with Crippen molar-refractivity contribution in [2.75, 3.05) is 20.2 Å². The van der Waals surface area contributed by atoms with E-state index in [9.17, 15) is 9.59 Å². The molecule has 0 fully saturated rings. The Kier molecular flexibility index (Phi) is 8.44. The standard InChI is InChI=1S/C20H26ClNO4S/c1-13(23)14(2)27-15(3)16-8-9-18(17(21)12-16)25-11-10-22(7)19(24)26-20(4,5)6/h8-9,12H,2-3,10-11H2,1,4-7H3. The van der Waals surface area contributed by atoms with E-state index in [-0.39, 0.29) is 12.4 Å². The van der Waals surface area contributed by atoms with E-state index in [1.807, 2.05) is 26.8 Å². The minimum Gasteiger partial charge on any atom is -0.490 e. The molecule has 0 saturated heterocycles. The molecule has 27 heavy (non-hydrogen) atoms. The molecule has 1 aromatic carbocycles. The number of ether oxygens (including phenoxy) is 2. The minimum atomic E-state index is -0.542. The summed E-state index contributed by atoms with van der Waals surface area (Å²) < 4.78 is 10.9. The van der Waals surface area contributed by atoms with E-state index in [2.05, 4.69) is 13.2 Å². The van der Waals surface area contributed by atoms with Gasteiger partial charge >= 0.3 is 6.09 Å². The van der Waals surface area contributed by atoms with E-state index >= 15 is 0 Å². The van der Waals surface area contributed by atoms with Crippen molar-refractivity contribution in [1.82, 2.24) is 4.90 Å². The first-order valence-electron chi connectivity index (χ1n) is 8.34. The highest BCUT2D eigenvalue weighted by Gasteiger charge is 2.19. The summed E-state index contributed by atoms with van der Waals surface area (Å²) in [5.41, 5.74) is 0.241. The Morgan fingerprint density at radius 3 is 2.41 bits per heavy atom. The molecular formula is C20H26ClNO4S. The predicted octanol–water partition coefficient (Wildman–Crippen LogP) is 5.39. The second kappa shape index (κ2) is 9.85. The summed E-state index contributed by atoms with van der Waals surface area (Å²) >= 11 is 7.48. The van der Waals surface area contributed by atoms with Crippen LogP contribution in [0.2, 0.25) is 5.02 Å². The highest BCUT2D eigenvalue weighted by atomic mass is 35.5. The van der Waals surface area contributed by atoms with Gasteiger partial charge in [-0.15, -0.1) is 0 Å². The normalized spacial score (nSPS) is 10.9. The zero-order valence-electron chi connectivity index (χ0n) is 16.4. The molecule has 1 amide bonds. The number of rotatable bonds is 8. The minimum absolute atomic E-state index is 0.0960. The van der Waals surface area contributed by atoms with Crippen LogP contribution in [0.4, 0.5) is 4.79 Å². The largest absolute Gasteiger partial charge is 0.490 e. The van der Waals surface area contributed by atoms with Crippen LogP contribution in [0.3, 0.4) is 0 Å². The van der Waals surface area contributed by atoms with Gasteiger partial charge in [-0.05, 0) is 45.4 Å². The van der Waals surface area contributed by atoms with Gasteiger partial charge in [0, 0.05) is 16.9 Å². The fourth-order valence-electron chi connectivity index (χ4n) is 1.79. The molecule has 1 aromatic rings.